The average Bonchev–Trinajstić information content (AvgIpc) is 2.60. The molecule has 6 heteroatoms. The Morgan fingerprint density at radius 3 is 2.12 bits per heavy atom. The zero-order chi connectivity index (χ0) is 18.0. The van der Waals surface area contributed by atoms with Gasteiger partial charge in [0.1, 0.15) is 5.82 Å². The monoisotopic (exact) mass is 338 g/mol. The number of carbonyl (C=O) groups is 2. The number of anilines is 2. The molecule has 0 spiro atoms. The molecular weight excluding hydrogens is 316 g/mol. The van der Waals surface area contributed by atoms with Crippen molar-refractivity contribution in [2.24, 2.45) is 5.73 Å². The highest BCUT2D eigenvalue weighted by molar-refractivity contribution is 6.42. The van der Waals surface area contributed by atoms with Crippen molar-refractivity contribution in [2.45, 2.75) is 13.8 Å². The quantitative estimate of drug-likeness (QED) is 0.678. The smallest absolute Gasteiger partial charge is 0.289 e. The Morgan fingerprint density at radius 2 is 1.56 bits per heavy atom. The second kappa shape index (κ2) is 6.93. The van der Waals surface area contributed by atoms with Gasteiger partial charge in [0, 0.05) is 43.1 Å². The van der Waals surface area contributed by atoms with Crippen LogP contribution in [0.4, 0.5) is 11.5 Å². The summed E-state index contributed by atoms with van der Waals surface area (Å²) in [7, 11) is 0. The molecule has 0 bridgehead atoms. The molecule has 1 aliphatic rings. The molecule has 1 saturated heterocycles. The highest BCUT2D eigenvalue weighted by Crippen LogP contribution is 2.21. The van der Waals surface area contributed by atoms with Gasteiger partial charge in [-0.25, -0.2) is 4.98 Å². The molecule has 0 unspecified atom stereocenters. The van der Waals surface area contributed by atoms with Crippen molar-refractivity contribution >= 4 is 23.2 Å². The van der Waals surface area contributed by atoms with Crippen LogP contribution in [0, 0.1) is 13.8 Å². The molecule has 0 radical (unpaired) electrons. The van der Waals surface area contributed by atoms with Crippen LogP contribution in [0.2, 0.25) is 0 Å². The number of hydrogen-bond acceptors (Lipinski definition) is 5. The first kappa shape index (κ1) is 17.0. The Morgan fingerprint density at radius 1 is 0.960 bits per heavy atom. The lowest BCUT2D eigenvalue weighted by atomic mass is 10.1. The lowest BCUT2D eigenvalue weighted by Gasteiger charge is -2.37. The van der Waals surface area contributed by atoms with Gasteiger partial charge < -0.3 is 15.5 Å². The molecule has 1 aromatic carbocycles. The van der Waals surface area contributed by atoms with Gasteiger partial charge in [-0.2, -0.15) is 0 Å². The maximum Gasteiger partial charge on any atom is 0.289 e. The van der Waals surface area contributed by atoms with Crippen LogP contribution in [-0.4, -0.2) is 42.9 Å². The van der Waals surface area contributed by atoms with E-state index in [9.17, 15) is 9.59 Å². The number of aromatic nitrogens is 1. The topological polar surface area (TPSA) is 79.5 Å². The molecule has 1 aromatic heterocycles. The van der Waals surface area contributed by atoms with Crippen LogP contribution in [0.25, 0.3) is 0 Å². The van der Waals surface area contributed by atoms with Crippen LogP contribution in [0.15, 0.2) is 36.4 Å². The standard InChI is InChI=1S/C19H22N4O2/c1-13-11-14(2)21-17(12-13)23-9-7-22(8-10-23)16-5-3-15(4-6-16)18(24)19(20)25/h3-6,11-12H,7-10H2,1-2H3,(H2,20,25). The highest BCUT2D eigenvalue weighted by Gasteiger charge is 2.19. The third kappa shape index (κ3) is 3.79. The molecule has 1 aliphatic heterocycles. The molecule has 2 N–H and O–H groups in total. The zero-order valence-electron chi connectivity index (χ0n) is 14.5. The molecular formula is C19H22N4O2. The number of rotatable bonds is 4. The molecule has 3 rings (SSSR count). The summed E-state index contributed by atoms with van der Waals surface area (Å²) < 4.78 is 0. The minimum Gasteiger partial charge on any atom is -0.368 e. The molecule has 25 heavy (non-hydrogen) atoms. The van der Waals surface area contributed by atoms with Crippen molar-refractivity contribution < 1.29 is 9.59 Å². The first-order valence-corrected chi connectivity index (χ1v) is 8.33. The van der Waals surface area contributed by atoms with Crippen molar-refractivity contribution in [1.82, 2.24) is 4.98 Å². The molecule has 1 fully saturated rings. The van der Waals surface area contributed by atoms with E-state index in [1.54, 1.807) is 12.1 Å². The lowest BCUT2D eigenvalue weighted by molar-refractivity contribution is -0.114. The van der Waals surface area contributed by atoms with Gasteiger partial charge in [0.15, 0.2) is 0 Å². The Hall–Kier alpha value is -2.89. The van der Waals surface area contributed by atoms with Gasteiger partial charge in [0.2, 0.25) is 5.78 Å². The first-order chi connectivity index (χ1) is 11.9. The van der Waals surface area contributed by atoms with E-state index in [0.717, 1.165) is 43.4 Å². The molecule has 6 nitrogen and oxygen atoms in total. The number of pyridine rings is 1. The van der Waals surface area contributed by atoms with Crippen LogP contribution in [0.5, 0.6) is 0 Å². The maximum absolute atomic E-state index is 11.6. The van der Waals surface area contributed by atoms with E-state index >= 15 is 0 Å². The predicted molar refractivity (Wildman–Crippen MR) is 98.1 cm³/mol. The summed E-state index contributed by atoms with van der Waals surface area (Å²) in [5, 5.41) is 0. The number of ketones is 1. The predicted octanol–water partition coefficient (Wildman–Crippen LogP) is 1.69. The fourth-order valence-corrected chi connectivity index (χ4v) is 3.14. The summed E-state index contributed by atoms with van der Waals surface area (Å²) in [6.45, 7) is 7.62. The number of nitrogens with zero attached hydrogens (tertiary/aromatic N) is 3. The molecule has 0 aliphatic carbocycles. The van der Waals surface area contributed by atoms with Gasteiger partial charge in [0.05, 0.1) is 0 Å². The number of Topliss-reactive ketones (excluding diaryl/α,β-unsaturated/α-hetero) is 1. The van der Waals surface area contributed by atoms with Gasteiger partial charge in [-0.15, -0.1) is 0 Å². The number of benzene rings is 1. The third-order valence-corrected chi connectivity index (χ3v) is 4.41. The number of amides is 1. The Bertz CT molecular complexity index is 773. The van der Waals surface area contributed by atoms with Crippen LogP contribution in [-0.2, 0) is 4.79 Å². The second-order valence-corrected chi connectivity index (χ2v) is 6.36. The largest absolute Gasteiger partial charge is 0.368 e. The molecule has 2 aromatic rings. The van der Waals surface area contributed by atoms with Crippen molar-refractivity contribution in [1.29, 1.82) is 0 Å². The van der Waals surface area contributed by atoms with Crippen molar-refractivity contribution in [2.75, 3.05) is 36.0 Å². The summed E-state index contributed by atoms with van der Waals surface area (Å²) in [5.41, 5.74) is 8.65. The number of piperazine rings is 1. The van der Waals surface area contributed by atoms with Gasteiger partial charge in [-0.3, -0.25) is 9.59 Å². The average molecular weight is 338 g/mol. The second-order valence-electron chi connectivity index (χ2n) is 6.36. The van der Waals surface area contributed by atoms with Gasteiger partial charge in [0.25, 0.3) is 5.91 Å². The summed E-state index contributed by atoms with van der Waals surface area (Å²) in [6.07, 6.45) is 0. The summed E-state index contributed by atoms with van der Waals surface area (Å²) >= 11 is 0. The van der Waals surface area contributed by atoms with Crippen LogP contribution >= 0.6 is 0 Å². The van der Waals surface area contributed by atoms with E-state index in [4.69, 9.17) is 5.73 Å². The van der Waals surface area contributed by atoms with Gasteiger partial charge in [-0.05, 0) is 55.8 Å². The molecule has 2 heterocycles. The minimum absolute atomic E-state index is 0.328. The SMILES string of the molecule is Cc1cc(C)nc(N2CCN(c3ccc(C(=O)C(N)=O)cc3)CC2)c1. The highest BCUT2D eigenvalue weighted by atomic mass is 16.2. The van der Waals surface area contributed by atoms with Crippen LogP contribution in [0.3, 0.4) is 0 Å². The Kier molecular flexibility index (Phi) is 4.70. The number of nitrogens with two attached hydrogens (primary N) is 1. The van der Waals surface area contributed by atoms with E-state index in [0.29, 0.717) is 5.56 Å². The Labute approximate surface area is 147 Å². The normalized spacial score (nSPS) is 14.5. The van der Waals surface area contributed by atoms with E-state index in [1.807, 2.05) is 19.1 Å². The fraction of sp³-hybridized carbons (Fsp3) is 0.316. The maximum atomic E-state index is 11.6. The first-order valence-electron chi connectivity index (χ1n) is 8.33. The number of hydrogen-bond donors (Lipinski definition) is 1. The van der Waals surface area contributed by atoms with Crippen molar-refractivity contribution in [3.05, 3.63) is 53.2 Å². The molecule has 0 atom stereocenters. The Balaban J connectivity index is 1.66. The van der Waals surface area contributed by atoms with Crippen LogP contribution < -0.4 is 15.5 Å². The van der Waals surface area contributed by atoms with Crippen LogP contribution in [0.1, 0.15) is 21.6 Å². The number of primary amides is 1. The van der Waals surface area contributed by atoms with E-state index in [1.165, 1.54) is 5.56 Å². The van der Waals surface area contributed by atoms with E-state index in [2.05, 4.69) is 33.8 Å². The van der Waals surface area contributed by atoms with Crippen molar-refractivity contribution in [3.8, 4) is 0 Å². The molecule has 1 amide bonds. The summed E-state index contributed by atoms with van der Waals surface area (Å²) in [4.78, 5) is 31.7. The van der Waals surface area contributed by atoms with E-state index < -0.39 is 11.7 Å². The third-order valence-electron chi connectivity index (χ3n) is 4.41. The zero-order valence-corrected chi connectivity index (χ0v) is 14.5. The minimum atomic E-state index is -0.928. The summed E-state index contributed by atoms with van der Waals surface area (Å²) in [5.74, 6) is -0.556. The number of carbonyl (C=O) groups excluding carboxylic acids is 2. The van der Waals surface area contributed by atoms with Crippen molar-refractivity contribution in [3.63, 3.8) is 0 Å². The lowest BCUT2D eigenvalue weighted by Crippen LogP contribution is -2.46. The molecule has 0 saturated carbocycles. The summed E-state index contributed by atoms with van der Waals surface area (Å²) in [6, 6.07) is 11.2. The fourth-order valence-electron chi connectivity index (χ4n) is 3.14. The van der Waals surface area contributed by atoms with Gasteiger partial charge >= 0.3 is 0 Å². The number of aryl methyl sites for hydroxylation is 2. The van der Waals surface area contributed by atoms with Gasteiger partial charge in [-0.1, -0.05) is 0 Å². The van der Waals surface area contributed by atoms with E-state index in [-0.39, 0.29) is 0 Å². The molecule has 130 valence electrons.